The summed E-state index contributed by atoms with van der Waals surface area (Å²) in [6.07, 6.45) is 1.87. The summed E-state index contributed by atoms with van der Waals surface area (Å²) in [5, 5.41) is 2.70. The molecule has 2 aromatic carbocycles. The summed E-state index contributed by atoms with van der Waals surface area (Å²) in [5.41, 5.74) is 1.28. The molecular formula is C20H17FN2O4S. The summed E-state index contributed by atoms with van der Waals surface area (Å²) < 4.78 is 24.4. The summed E-state index contributed by atoms with van der Waals surface area (Å²) in [4.78, 5) is 24.0. The first-order chi connectivity index (χ1) is 13.5. The number of carbonyl (C=O) groups excluding carboxylic acids is 2. The molecule has 0 spiro atoms. The number of carbonyl (C=O) groups is 2. The molecule has 0 saturated carbocycles. The number of hydrogen-bond donors (Lipinski definition) is 2. The van der Waals surface area contributed by atoms with Gasteiger partial charge in [-0.05, 0) is 60.5 Å². The van der Waals surface area contributed by atoms with E-state index < -0.39 is 12.0 Å². The molecule has 0 bridgehead atoms. The van der Waals surface area contributed by atoms with Crippen molar-refractivity contribution in [1.29, 1.82) is 0 Å². The highest BCUT2D eigenvalue weighted by Crippen LogP contribution is 2.21. The van der Waals surface area contributed by atoms with Gasteiger partial charge in [-0.25, -0.2) is 18.3 Å². The van der Waals surface area contributed by atoms with Crippen LogP contribution in [0.5, 0.6) is 5.75 Å². The van der Waals surface area contributed by atoms with E-state index in [1.807, 2.05) is 0 Å². The van der Waals surface area contributed by atoms with Gasteiger partial charge in [-0.3, -0.25) is 0 Å². The fourth-order valence-electron chi connectivity index (χ4n) is 2.41. The van der Waals surface area contributed by atoms with Gasteiger partial charge in [0, 0.05) is 6.54 Å². The van der Waals surface area contributed by atoms with Crippen LogP contribution < -0.4 is 14.4 Å². The van der Waals surface area contributed by atoms with Crippen molar-refractivity contribution in [1.82, 2.24) is 5.32 Å². The number of furan rings is 1. The van der Waals surface area contributed by atoms with Crippen LogP contribution in [0.2, 0.25) is 0 Å². The topological polar surface area (TPSA) is 71.8 Å². The maximum atomic E-state index is 13.1. The van der Waals surface area contributed by atoms with Crippen LogP contribution >= 0.6 is 12.8 Å². The maximum absolute atomic E-state index is 13.1. The zero-order valence-corrected chi connectivity index (χ0v) is 15.6. The van der Waals surface area contributed by atoms with Crippen molar-refractivity contribution in [2.45, 2.75) is 6.42 Å². The van der Waals surface area contributed by atoms with Crippen LogP contribution in [0.25, 0.3) is 0 Å². The molecule has 144 valence electrons. The summed E-state index contributed by atoms with van der Waals surface area (Å²) in [6.45, 7) is 0.332. The molecule has 0 aliphatic carbocycles. The van der Waals surface area contributed by atoms with E-state index in [9.17, 15) is 14.0 Å². The predicted molar refractivity (Wildman–Crippen MR) is 105 cm³/mol. The van der Waals surface area contributed by atoms with E-state index in [1.54, 1.807) is 42.5 Å². The Labute approximate surface area is 166 Å². The first-order valence-corrected chi connectivity index (χ1v) is 8.80. The monoisotopic (exact) mass is 400 g/mol. The first-order valence-electron chi connectivity index (χ1n) is 8.40. The lowest BCUT2D eigenvalue weighted by atomic mass is 10.1. The van der Waals surface area contributed by atoms with Gasteiger partial charge in [0.2, 0.25) is 5.76 Å². The largest absolute Gasteiger partial charge is 0.457 e. The average Bonchev–Trinajstić information content (AvgIpc) is 3.23. The Morgan fingerprint density at radius 1 is 1.11 bits per heavy atom. The number of halogens is 1. The lowest BCUT2D eigenvalue weighted by Crippen LogP contribution is -2.35. The van der Waals surface area contributed by atoms with E-state index in [0.29, 0.717) is 24.4 Å². The summed E-state index contributed by atoms with van der Waals surface area (Å²) in [7, 11) is 0. The Morgan fingerprint density at radius 3 is 2.57 bits per heavy atom. The zero-order chi connectivity index (χ0) is 19.9. The summed E-state index contributed by atoms with van der Waals surface area (Å²) >= 11 is 4.18. The van der Waals surface area contributed by atoms with E-state index in [2.05, 4.69) is 18.1 Å². The molecule has 1 N–H and O–H groups in total. The molecule has 0 fully saturated rings. The first kappa shape index (κ1) is 19.5. The number of ether oxygens (including phenoxy) is 1. The molecule has 28 heavy (non-hydrogen) atoms. The number of amides is 2. The van der Waals surface area contributed by atoms with E-state index in [4.69, 9.17) is 9.15 Å². The van der Waals surface area contributed by atoms with Gasteiger partial charge in [-0.1, -0.05) is 24.9 Å². The van der Waals surface area contributed by atoms with Crippen molar-refractivity contribution in [2.75, 3.05) is 10.8 Å². The normalized spacial score (nSPS) is 10.4. The Morgan fingerprint density at radius 2 is 1.89 bits per heavy atom. The third-order valence-electron chi connectivity index (χ3n) is 3.79. The van der Waals surface area contributed by atoms with Gasteiger partial charge < -0.3 is 14.5 Å². The van der Waals surface area contributed by atoms with Gasteiger partial charge in [0.05, 0.1) is 12.0 Å². The molecule has 1 aromatic heterocycles. The summed E-state index contributed by atoms with van der Waals surface area (Å²) in [6, 6.07) is 15.1. The second-order valence-electron chi connectivity index (χ2n) is 5.78. The second-order valence-corrected chi connectivity index (χ2v) is 6.18. The molecule has 6 nitrogen and oxygen atoms in total. The number of esters is 1. The number of rotatable bonds is 6. The van der Waals surface area contributed by atoms with Crippen LogP contribution in [0, 0.1) is 5.82 Å². The number of urea groups is 1. The number of thiol groups is 1. The van der Waals surface area contributed by atoms with Crippen molar-refractivity contribution in [2.24, 2.45) is 0 Å². The van der Waals surface area contributed by atoms with Crippen molar-refractivity contribution in [3.8, 4) is 5.75 Å². The SMILES string of the molecule is O=C(Oc1ccc(N(S)C(=O)NCCc2cccc(F)c2)cc1)c1ccco1. The smallest absolute Gasteiger partial charge is 0.379 e. The van der Waals surface area contributed by atoms with E-state index >= 15 is 0 Å². The molecule has 0 unspecified atom stereocenters. The van der Waals surface area contributed by atoms with Gasteiger partial charge in [0.1, 0.15) is 11.6 Å². The lowest BCUT2D eigenvalue weighted by Gasteiger charge is -2.17. The highest BCUT2D eigenvalue weighted by molar-refractivity contribution is 7.82. The van der Waals surface area contributed by atoms with Crippen LogP contribution in [-0.4, -0.2) is 18.5 Å². The van der Waals surface area contributed by atoms with Crippen molar-refractivity contribution in [3.05, 3.63) is 84.1 Å². The van der Waals surface area contributed by atoms with Crippen LogP contribution in [-0.2, 0) is 6.42 Å². The third-order valence-corrected chi connectivity index (χ3v) is 4.20. The number of hydrogen-bond acceptors (Lipinski definition) is 5. The molecule has 1 heterocycles. The molecular weight excluding hydrogens is 383 g/mol. The Hall–Kier alpha value is -3.26. The molecule has 0 saturated heterocycles. The Balaban J connectivity index is 1.51. The fraction of sp³-hybridized carbons (Fsp3) is 0.100. The molecule has 8 heteroatoms. The van der Waals surface area contributed by atoms with Gasteiger partial charge in [-0.2, -0.15) is 0 Å². The number of benzene rings is 2. The van der Waals surface area contributed by atoms with Gasteiger partial charge in [-0.15, -0.1) is 0 Å². The third kappa shape index (κ3) is 5.14. The highest BCUT2D eigenvalue weighted by Gasteiger charge is 2.14. The molecule has 0 radical (unpaired) electrons. The second kappa shape index (κ2) is 9.09. The molecule has 2 amide bonds. The Bertz CT molecular complexity index is 945. The lowest BCUT2D eigenvalue weighted by molar-refractivity contribution is 0.0701. The standard InChI is InChI=1S/C20H17FN2O4S/c21-15-4-1-3-14(13-15)10-11-22-20(25)23(28)16-6-8-17(9-7-16)27-19(24)18-5-2-12-26-18/h1-9,12-13,28H,10-11H2,(H,22,25). The molecule has 3 rings (SSSR count). The van der Waals surface area contributed by atoms with E-state index in [1.165, 1.54) is 24.5 Å². The van der Waals surface area contributed by atoms with Crippen LogP contribution in [0.1, 0.15) is 16.1 Å². The minimum Gasteiger partial charge on any atom is -0.457 e. The molecule has 3 aromatic rings. The maximum Gasteiger partial charge on any atom is 0.379 e. The van der Waals surface area contributed by atoms with Gasteiger partial charge in [0.25, 0.3) is 0 Å². The van der Waals surface area contributed by atoms with E-state index in [-0.39, 0.29) is 11.6 Å². The minimum atomic E-state index is -0.615. The van der Waals surface area contributed by atoms with Crippen LogP contribution in [0.3, 0.4) is 0 Å². The fourth-order valence-corrected chi connectivity index (χ4v) is 2.61. The van der Waals surface area contributed by atoms with Crippen molar-refractivity contribution in [3.63, 3.8) is 0 Å². The zero-order valence-electron chi connectivity index (χ0n) is 14.7. The van der Waals surface area contributed by atoms with Crippen LogP contribution in [0.15, 0.2) is 71.3 Å². The number of nitrogens with zero attached hydrogens (tertiary/aromatic N) is 1. The van der Waals surface area contributed by atoms with Crippen molar-refractivity contribution >= 4 is 30.5 Å². The highest BCUT2D eigenvalue weighted by atomic mass is 32.1. The molecule has 0 aliphatic heterocycles. The number of nitrogens with one attached hydrogen (secondary N) is 1. The van der Waals surface area contributed by atoms with Crippen molar-refractivity contribution < 1.29 is 23.1 Å². The summed E-state index contributed by atoms with van der Waals surface area (Å²) in [5.74, 6) is -0.529. The molecule has 0 aliphatic rings. The van der Waals surface area contributed by atoms with Gasteiger partial charge >= 0.3 is 12.0 Å². The average molecular weight is 400 g/mol. The predicted octanol–water partition coefficient (Wildman–Crippen LogP) is 4.24. The van der Waals surface area contributed by atoms with E-state index in [0.717, 1.165) is 9.87 Å². The molecule has 0 atom stereocenters. The minimum absolute atomic E-state index is 0.0950. The Kier molecular flexibility index (Phi) is 6.33. The van der Waals surface area contributed by atoms with Crippen LogP contribution in [0.4, 0.5) is 14.9 Å². The quantitative estimate of drug-likeness (QED) is 0.369. The van der Waals surface area contributed by atoms with Gasteiger partial charge in [0.15, 0.2) is 0 Å². The number of anilines is 1.